The van der Waals surface area contributed by atoms with E-state index in [4.69, 9.17) is 0 Å². The fourth-order valence-electron chi connectivity index (χ4n) is 4.12. The second-order valence-electron chi connectivity index (χ2n) is 7.94. The molecule has 0 bridgehead atoms. The highest BCUT2D eigenvalue weighted by Crippen LogP contribution is 2.35. The van der Waals surface area contributed by atoms with Crippen LogP contribution in [0.1, 0.15) is 37.7 Å². The first-order chi connectivity index (χ1) is 12.8. The summed E-state index contributed by atoms with van der Waals surface area (Å²) in [5.41, 5.74) is -0.0218. The standard InChI is InChI=1S/C20H28N4O3/c1-4-22-12-20(11-17(22)25)13-23(18(26)15(2)3)9-10-24(14-20)19(27)16-7-5-6-8-21-16/h5-8,15H,4,9-14H2,1-3H3/t20-/m1/s1. The summed E-state index contributed by atoms with van der Waals surface area (Å²) in [5.74, 6) is -0.0822. The predicted octanol–water partition coefficient (Wildman–Crippen LogP) is 1.26. The summed E-state index contributed by atoms with van der Waals surface area (Å²) in [5, 5.41) is 0. The van der Waals surface area contributed by atoms with E-state index in [1.807, 2.05) is 30.6 Å². The summed E-state index contributed by atoms with van der Waals surface area (Å²) in [6, 6.07) is 5.27. The molecule has 7 nitrogen and oxygen atoms in total. The second kappa shape index (κ2) is 7.66. The van der Waals surface area contributed by atoms with Gasteiger partial charge in [-0.3, -0.25) is 19.4 Å². The summed E-state index contributed by atoms with van der Waals surface area (Å²) in [7, 11) is 0. The van der Waals surface area contributed by atoms with Crippen LogP contribution in [0, 0.1) is 11.3 Å². The molecule has 7 heteroatoms. The average molecular weight is 372 g/mol. The Balaban J connectivity index is 1.89. The van der Waals surface area contributed by atoms with Gasteiger partial charge in [-0.1, -0.05) is 19.9 Å². The number of aromatic nitrogens is 1. The number of pyridine rings is 1. The third-order valence-corrected chi connectivity index (χ3v) is 5.46. The van der Waals surface area contributed by atoms with E-state index in [1.165, 1.54) is 0 Å². The number of likely N-dealkylation sites (tertiary alicyclic amines) is 1. The first-order valence-corrected chi connectivity index (χ1v) is 9.62. The van der Waals surface area contributed by atoms with Gasteiger partial charge in [0.25, 0.3) is 5.91 Å². The van der Waals surface area contributed by atoms with Crippen LogP contribution in [0.4, 0.5) is 0 Å². The van der Waals surface area contributed by atoms with E-state index in [9.17, 15) is 14.4 Å². The maximum absolute atomic E-state index is 13.0. The van der Waals surface area contributed by atoms with Crippen molar-refractivity contribution in [2.45, 2.75) is 27.2 Å². The van der Waals surface area contributed by atoms with E-state index >= 15 is 0 Å². The van der Waals surface area contributed by atoms with Crippen LogP contribution in [-0.2, 0) is 9.59 Å². The maximum atomic E-state index is 13.0. The Labute approximate surface area is 160 Å². The maximum Gasteiger partial charge on any atom is 0.272 e. The van der Waals surface area contributed by atoms with Crippen molar-refractivity contribution in [2.24, 2.45) is 11.3 Å². The molecule has 1 spiro atoms. The van der Waals surface area contributed by atoms with E-state index in [1.54, 1.807) is 29.3 Å². The molecule has 0 unspecified atom stereocenters. The monoisotopic (exact) mass is 372 g/mol. The van der Waals surface area contributed by atoms with Crippen molar-refractivity contribution in [3.8, 4) is 0 Å². The Bertz CT molecular complexity index is 721. The highest BCUT2D eigenvalue weighted by molar-refractivity contribution is 5.92. The molecule has 0 aromatic carbocycles. The minimum absolute atomic E-state index is 0.0731. The molecule has 27 heavy (non-hydrogen) atoms. The highest BCUT2D eigenvalue weighted by Gasteiger charge is 2.47. The van der Waals surface area contributed by atoms with Gasteiger partial charge in [0.1, 0.15) is 5.69 Å². The molecule has 0 N–H and O–H groups in total. The van der Waals surface area contributed by atoms with Crippen LogP contribution in [0.5, 0.6) is 0 Å². The van der Waals surface area contributed by atoms with Gasteiger partial charge in [-0.15, -0.1) is 0 Å². The van der Waals surface area contributed by atoms with Crippen molar-refractivity contribution in [1.29, 1.82) is 0 Å². The van der Waals surface area contributed by atoms with E-state index in [0.717, 1.165) is 0 Å². The van der Waals surface area contributed by atoms with Crippen LogP contribution in [-0.4, -0.2) is 76.7 Å². The molecule has 1 atom stereocenters. The number of hydrogen-bond acceptors (Lipinski definition) is 4. The molecule has 1 aromatic rings. The molecule has 0 saturated carbocycles. The van der Waals surface area contributed by atoms with E-state index in [0.29, 0.717) is 51.4 Å². The fourth-order valence-corrected chi connectivity index (χ4v) is 4.12. The molecule has 146 valence electrons. The van der Waals surface area contributed by atoms with Crippen molar-refractivity contribution >= 4 is 17.7 Å². The zero-order chi connectivity index (χ0) is 19.6. The van der Waals surface area contributed by atoms with Crippen molar-refractivity contribution < 1.29 is 14.4 Å². The molecule has 1 aromatic heterocycles. The Morgan fingerprint density at radius 3 is 2.44 bits per heavy atom. The summed E-state index contributed by atoms with van der Waals surface area (Å²) < 4.78 is 0. The van der Waals surface area contributed by atoms with E-state index < -0.39 is 5.41 Å². The number of amides is 3. The minimum Gasteiger partial charge on any atom is -0.342 e. The second-order valence-corrected chi connectivity index (χ2v) is 7.94. The van der Waals surface area contributed by atoms with Gasteiger partial charge in [-0.2, -0.15) is 0 Å². The van der Waals surface area contributed by atoms with E-state index in [2.05, 4.69) is 4.98 Å². The third-order valence-electron chi connectivity index (χ3n) is 5.46. The quantitative estimate of drug-likeness (QED) is 0.801. The normalized spacial score (nSPS) is 23.3. The summed E-state index contributed by atoms with van der Waals surface area (Å²) in [6.07, 6.45) is 1.97. The van der Waals surface area contributed by atoms with Gasteiger partial charge in [0, 0.05) is 63.2 Å². The van der Waals surface area contributed by atoms with Crippen molar-refractivity contribution in [2.75, 3.05) is 39.3 Å². The lowest BCUT2D eigenvalue weighted by Gasteiger charge is -2.34. The Hall–Kier alpha value is -2.44. The van der Waals surface area contributed by atoms with Crippen LogP contribution >= 0.6 is 0 Å². The lowest BCUT2D eigenvalue weighted by atomic mass is 9.85. The summed E-state index contributed by atoms with van der Waals surface area (Å²) in [6.45, 7) is 8.87. The number of carbonyl (C=O) groups excluding carboxylic acids is 3. The third kappa shape index (κ3) is 3.96. The lowest BCUT2D eigenvalue weighted by molar-refractivity contribution is -0.135. The Kier molecular flexibility index (Phi) is 5.48. The Morgan fingerprint density at radius 2 is 1.85 bits per heavy atom. The molecule has 3 heterocycles. The Morgan fingerprint density at radius 1 is 1.15 bits per heavy atom. The minimum atomic E-state index is -0.418. The zero-order valence-corrected chi connectivity index (χ0v) is 16.4. The molecule has 2 aliphatic heterocycles. The molecule has 3 amide bonds. The van der Waals surface area contributed by atoms with Crippen LogP contribution in [0.3, 0.4) is 0 Å². The zero-order valence-electron chi connectivity index (χ0n) is 16.4. The van der Waals surface area contributed by atoms with Crippen molar-refractivity contribution in [1.82, 2.24) is 19.7 Å². The van der Waals surface area contributed by atoms with Crippen LogP contribution in [0.2, 0.25) is 0 Å². The fraction of sp³-hybridized carbons (Fsp3) is 0.600. The van der Waals surface area contributed by atoms with Gasteiger partial charge in [0.05, 0.1) is 0 Å². The molecule has 0 radical (unpaired) electrons. The lowest BCUT2D eigenvalue weighted by Crippen LogP contribution is -2.46. The van der Waals surface area contributed by atoms with Gasteiger partial charge in [0.15, 0.2) is 0 Å². The summed E-state index contributed by atoms with van der Waals surface area (Å²) >= 11 is 0. The molecule has 0 aliphatic carbocycles. The molecule has 2 saturated heterocycles. The van der Waals surface area contributed by atoms with Gasteiger partial charge in [-0.25, -0.2) is 0 Å². The van der Waals surface area contributed by atoms with Gasteiger partial charge < -0.3 is 14.7 Å². The average Bonchev–Trinajstić information content (AvgIpc) is 2.86. The van der Waals surface area contributed by atoms with Crippen LogP contribution < -0.4 is 0 Å². The number of hydrogen-bond donors (Lipinski definition) is 0. The topological polar surface area (TPSA) is 73.8 Å². The smallest absolute Gasteiger partial charge is 0.272 e. The SMILES string of the molecule is CCN1C[C@@]2(CC1=O)CN(C(=O)c1ccccn1)CCN(C(=O)C(C)C)C2. The van der Waals surface area contributed by atoms with Crippen LogP contribution in [0.15, 0.2) is 24.4 Å². The number of carbonyl (C=O) groups is 3. The van der Waals surface area contributed by atoms with Gasteiger partial charge in [-0.05, 0) is 19.1 Å². The van der Waals surface area contributed by atoms with Gasteiger partial charge in [0.2, 0.25) is 11.8 Å². The van der Waals surface area contributed by atoms with Crippen molar-refractivity contribution in [3.63, 3.8) is 0 Å². The number of rotatable bonds is 3. The summed E-state index contributed by atoms with van der Waals surface area (Å²) in [4.78, 5) is 47.7. The molecular weight excluding hydrogens is 344 g/mol. The van der Waals surface area contributed by atoms with E-state index in [-0.39, 0.29) is 23.6 Å². The molecule has 2 fully saturated rings. The molecule has 3 rings (SSSR count). The highest BCUT2D eigenvalue weighted by atomic mass is 16.2. The largest absolute Gasteiger partial charge is 0.342 e. The number of nitrogens with zero attached hydrogens (tertiary/aromatic N) is 4. The predicted molar refractivity (Wildman–Crippen MR) is 101 cm³/mol. The van der Waals surface area contributed by atoms with Crippen molar-refractivity contribution in [3.05, 3.63) is 30.1 Å². The first-order valence-electron chi connectivity index (χ1n) is 9.62. The first kappa shape index (κ1) is 19.3. The molecule has 2 aliphatic rings. The van der Waals surface area contributed by atoms with Crippen LogP contribution in [0.25, 0.3) is 0 Å². The van der Waals surface area contributed by atoms with Gasteiger partial charge >= 0.3 is 0 Å². The molecular formula is C20H28N4O3.